The number of aliphatic hydroxyl groups excluding tert-OH is 1. The van der Waals surface area contributed by atoms with Crippen molar-refractivity contribution in [3.63, 3.8) is 0 Å². The summed E-state index contributed by atoms with van der Waals surface area (Å²) in [6.45, 7) is 7.88. The molecule has 0 saturated heterocycles. The normalized spacial score (nSPS) is 30.5. The van der Waals surface area contributed by atoms with E-state index in [9.17, 15) is 5.11 Å². The minimum absolute atomic E-state index is 0.142. The zero-order valence-corrected chi connectivity index (χ0v) is 12.6. The molecule has 1 heterocycles. The fourth-order valence-corrected chi connectivity index (χ4v) is 3.91. The van der Waals surface area contributed by atoms with Gasteiger partial charge >= 0.3 is 0 Å². The van der Waals surface area contributed by atoms with Gasteiger partial charge in [0.1, 0.15) is 0 Å². The van der Waals surface area contributed by atoms with Crippen molar-refractivity contribution in [1.82, 2.24) is 15.1 Å². The maximum absolute atomic E-state index is 9.89. The Labute approximate surface area is 116 Å². The SMILES string of the molecule is CC1CC(C)(C)CC(CO)(NCc2cnn(C)c2)C1. The Kier molecular flexibility index (Phi) is 4.02. The van der Waals surface area contributed by atoms with E-state index >= 15 is 0 Å². The zero-order valence-electron chi connectivity index (χ0n) is 12.6. The Bertz CT molecular complexity index is 427. The molecule has 1 aliphatic rings. The molecule has 2 unspecified atom stereocenters. The average Bonchev–Trinajstić information content (AvgIpc) is 2.70. The van der Waals surface area contributed by atoms with Crippen molar-refractivity contribution < 1.29 is 5.11 Å². The van der Waals surface area contributed by atoms with Gasteiger partial charge in [-0.15, -0.1) is 0 Å². The molecule has 1 aromatic rings. The van der Waals surface area contributed by atoms with Crippen LogP contribution >= 0.6 is 0 Å². The molecular formula is C15H27N3O. The minimum Gasteiger partial charge on any atom is -0.394 e. The van der Waals surface area contributed by atoms with E-state index in [4.69, 9.17) is 0 Å². The Balaban J connectivity index is 2.05. The van der Waals surface area contributed by atoms with Crippen molar-refractivity contribution in [2.24, 2.45) is 18.4 Å². The lowest BCUT2D eigenvalue weighted by atomic mass is 9.64. The summed E-state index contributed by atoms with van der Waals surface area (Å²) >= 11 is 0. The molecule has 1 aromatic heterocycles. The van der Waals surface area contributed by atoms with Crippen LogP contribution in [0.1, 0.15) is 45.6 Å². The topological polar surface area (TPSA) is 50.1 Å². The van der Waals surface area contributed by atoms with Gasteiger partial charge in [-0.1, -0.05) is 20.8 Å². The van der Waals surface area contributed by atoms with Crippen molar-refractivity contribution >= 4 is 0 Å². The molecule has 2 N–H and O–H groups in total. The third-order valence-corrected chi connectivity index (χ3v) is 4.19. The van der Waals surface area contributed by atoms with E-state index < -0.39 is 0 Å². The predicted molar refractivity (Wildman–Crippen MR) is 76.7 cm³/mol. The van der Waals surface area contributed by atoms with Gasteiger partial charge in [-0.25, -0.2) is 0 Å². The van der Waals surface area contributed by atoms with Crippen LogP contribution in [0.5, 0.6) is 0 Å². The van der Waals surface area contributed by atoms with Gasteiger partial charge in [-0.05, 0) is 30.6 Å². The fraction of sp³-hybridized carbons (Fsp3) is 0.800. The van der Waals surface area contributed by atoms with Crippen LogP contribution in [0.4, 0.5) is 0 Å². The number of hydrogen-bond acceptors (Lipinski definition) is 3. The highest BCUT2D eigenvalue weighted by atomic mass is 16.3. The van der Waals surface area contributed by atoms with Gasteiger partial charge < -0.3 is 10.4 Å². The number of nitrogens with one attached hydrogen (secondary N) is 1. The van der Waals surface area contributed by atoms with E-state index in [1.54, 1.807) is 0 Å². The standard InChI is InChI=1S/C15H27N3O/c1-12-5-14(2,3)10-15(6-12,11-19)16-7-13-8-17-18(4)9-13/h8-9,12,16,19H,5-7,10-11H2,1-4H3. The average molecular weight is 265 g/mol. The second-order valence-electron chi connectivity index (χ2n) is 7.17. The van der Waals surface area contributed by atoms with Crippen LogP contribution in [0.25, 0.3) is 0 Å². The second-order valence-corrected chi connectivity index (χ2v) is 7.17. The van der Waals surface area contributed by atoms with E-state index in [0.29, 0.717) is 11.3 Å². The first-order chi connectivity index (χ1) is 8.84. The number of aromatic nitrogens is 2. The molecule has 2 atom stereocenters. The van der Waals surface area contributed by atoms with Crippen LogP contribution in [0.3, 0.4) is 0 Å². The largest absolute Gasteiger partial charge is 0.394 e. The molecule has 2 rings (SSSR count). The minimum atomic E-state index is -0.142. The van der Waals surface area contributed by atoms with Gasteiger partial charge in [0.2, 0.25) is 0 Å². The lowest BCUT2D eigenvalue weighted by Crippen LogP contribution is -2.54. The quantitative estimate of drug-likeness (QED) is 0.876. The lowest BCUT2D eigenvalue weighted by Gasteiger charge is -2.47. The third-order valence-electron chi connectivity index (χ3n) is 4.19. The van der Waals surface area contributed by atoms with E-state index in [-0.39, 0.29) is 12.1 Å². The lowest BCUT2D eigenvalue weighted by molar-refractivity contribution is 0.0352. The van der Waals surface area contributed by atoms with Crippen molar-refractivity contribution in [2.45, 2.75) is 52.1 Å². The summed E-state index contributed by atoms with van der Waals surface area (Å²) in [5.74, 6) is 0.650. The molecular weight excluding hydrogens is 238 g/mol. The van der Waals surface area contributed by atoms with Gasteiger partial charge in [-0.2, -0.15) is 5.10 Å². The van der Waals surface area contributed by atoms with E-state index in [0.717, 1.165) is 19.4 Å². The molecule has 1 aliphatic carbocycles. The van der Waals surface area contributed by atoms with Gasteiger partial charge in [-0.3, -0.25) is 4.68 Å². The fourth-order valence-electron chi connectivity index (χ4n) is 3.91. The van der Waals surface area contributed by atoms with Crippen molar-refractivity contribution in [3.8, 4) is 0 Å². The smallest absolute Gasteiger partial charge is 0.0613 e. The number of rotatable bonds is 4. The molecule has 19 heavy (non-hydrogen) atoms. The van der Waals surface area contributed by atoms with Gasteiger partial charge in [0.25, 0.3) is 0 Å². The highest BCUT2D eigenvalue weighted by molar-refractivity contribution is 5.06. The van der Waals surface area contributed by atoms with E-state index in [1.807, 2.05) is 24.1 Å². The van der Waals surface area contributed by atoms with Crippen molar-refractivity contribution in [3.05, 3.63) is 18.0 Å². The summed E-state index contributed by atoms with van der Waals surface area (Å²) in [6, 6.07) is 0. The van der Waals surface area contributed by atoms with Crippen LogP contribution < -0.4 is 5.32 Å². The number of aliphatic hydroxyl groups is 1. The Hall–Kier alpha value is -0.870. The molecule has 1 fully saturated rings. The second kappa shape index (κ2) is 5.25. The number of hydrogen-bond donors (Lipinski definition) is 2. The molecule has 0 aromatic carbocycles. The highest BCUT2D eigenvalue weighted by Gasteiger charge is 2.42. The highest BCUT2D eigenvalue weighted by Crippen LogP contribution is 2.43. The first-order valence-corrected chi connectivity index (χ1v) is 7.18. The first kappa shape index (κ1) is 14.5. The summed E-state index contributed by atoms with van der Waals surface area (Å²) in [5, 5.41) is 17.7. The van der Waals surface area contributed by atoms with Crippen molar-refractivity contribution in [1.29, 1.82) is 0 Å². The van der Waals surface area contributed by atoms with Gasteiger partial charge in [0.05, 0.1) is 12.8 Å². The first-order valence-electron chi connectivity index (χ1n) is 7.18. The molecule has 4 nitrogen and oxygen atoms in total. The van der Waals surface area contributed by atoms with Crippen LogP contribution in [-0.4, -0.2) is 27.0 Å². The predicted octanol–water partition coefficient (Wildman–Crippen LogP) is 2.09. The molecule has 0 amide bonds. The summed E-state index contributed by atoms with van der Waals surface area (Å²) in [5.41, 5.74) is 1.32. The molecule has 108 valence electrons. The summed E-state index contributed by atoms with van der Waals surface area (Å²) in [4.78, 5) is 0. The van der Waals surface area contributed by atoms with Crippen LogP contribution in [0.15, 0.2) is 12.4 Å². The summed E-state index contributed by atoms with van der Waals surface area (Å²) < 4.78 is 1.82. The molecule has 0 radical (unpaired) electrons. The molecule has 1 saturated carbocycles. The molecule has 0 aliphatic heterocycles. The Morgan fingerprint density at radius 3 is 2.74 bits per heavy atom. The van der Waals surface area contributed by atoms with Crippen LogP contribution in [0.2, 0.25) is 0 Å². The van der Waals surface area contributed by atoms with Crippen LogP contribution in [0, 0.1) is 11.3 Å². The number of nitrogens with zero attached hydrogens (tertiary/aromatic N) is 2. The summed E-state index contributed by atoms with van der Waals surface area (Å²) in [6.07, 6.45) is 7.22. The maximum Gasteiger partial charge on any atom is 0.0613 e. The van der Waals surface area contributed by atoms with Gasteiger partial charge in [0.15, 0.2) is 0 Å². The number of aryl methyl sites for hydroxylation is 1. The molecule has 0 spiro atoms. The maximum atomic E-state index is 9.89. The molecule has 4 heteroatoms. The van der Waals surface area contributed by atoms with Gasteiger partial charge in [0, 0.05) is 30.9 Å². The Morgan fingerprint density at radius 2 is 2.21 bits per heavy atom. The Morgan fingerprint density at radius 1 is 1.47 bits per heavy atom. The zero-order chi connectivity index (χ0) is 14.1. The third kappa shape index (κ3) is 3.57. The van der Waals surface area contributed by atoms with E-state index in [2.05, 4.69) is 31.2 Å². The van der Waals surface area contributed by atoms with Crippen molar-refractivity contribution in [2.75, 3.05) is 6.61 Å². The van der Waals surface area contributed by atoms with Crippen LogP contribution in [-0.2, 0) is 13.6 Å². The molecule has 0 bridgehead atoms. The summed E-state index contributed by atoms with van der Waals surface area (Å²) in [7, 11) is 1.93. The monoisotopic (exact) mass is 265 g/mol. The van der Waals surface area contributed by atoms with E-state index in [1.165, 1.54) is 12.0 Å².